The van der Waals surface area contributed by atoms with E-state index in [0.717, 1.165) is 25.9 Å². The quantitative estimate of drug-likeness (QED) is 0.507. The molecule has 0 aromatic heterocycles. The van der Waals surface area contributed by atoms with Gasteiger partial charge in [0.05, 0.1) is 4.90 Å². The summed E-state index contributed by atoms with van der Waals surface area (Å²) in [6.45, 7) is 11.7. The molecule has 0 aliphatic heterocycles. The molecule has 1 aromatic rings. The molecular weight excluding hydrogens is 402 g/mol. The molecular formula is C22H37N3O4S. The van der Waals surface area contributed by atoms with Crippen LogP contribution in [0.4, 0.5) is 5.69 Å². The topological polar surface area (TPSA) is 86.8 Å². The van der Waals surface area contributed by atoms with E-state index in [2.05, 4.69) is 5.32 Å². The zero-order valence-corrected chi connectivity index (χ0v) is 19.8. The van der Waals surface area contributed by atoms with Crippen LogP contribution in [0.25, 0.3) is 0 Å². The van der Waals surface area contributed by atoms with E-state index in [1.165, 1.54) is 10.4 Å². The lowest BCUT2D eigenvalue weighted by Gasteiger charge is -2.21. The van der Waals surface area contributed by atoms with Crippen molar-refractivity contribution in [3.05, 3.63) is 23.8 Å². The number of nitrogens with one attached hydrogen (secondary N) is 1. The molecule has 170 valence electrons. The minimum atomic E-state index is -3.61. The summed E-state index contributed by atoms with van der Waals surface area (Å²) in [4.78, 5) is 26.7. The SMILES string of the molecule is CCCN(CCC)C(=O)CCCC(=O)Nc1ccc(C)c(S(=O)(=O)N(CC)CC)c1. The van der Waals surface area contributed by atoms with Crippen molar-refractivity contribution in [1.82, 2.24) is 9.21 Å². The first-order valence-electron chi connectivity index (χ1n) is 10.9. The fourth-order valence-corrected chi connectivity index (χ4v) is 5.05. The van der Waals surface area contributed by atoms with Gasteiger partial charge in [0.15, 0.2) is 0 Å². The highest BCUT2D eigenvalue weighted by Gasteiger charge is 2.24. The number of hydrogen-bond acceptors (Lipinski definition) is 4. The van der Waals surface area contributed by atoms with E-state index in [1.54, 1.807) is 32.9 Å². The van der Waals surface area contributed by atoms with Crippen LogP contribution >= 0.6 is 0 Å². The fraction of sp³-hybridized carbons (Fsp3) is 0.636. The molecule has 0 aliphatic carbocycles. The monoisotopic (exact) mass is 439 g/mol. The first kappa shape index (κ1) is 26.1. The summed E-state index contributed by atoms with van der Waals surface area (Å²) in [5.74, 6) is -0.148. The molecule has 0 bridgehead atoms. The Labute approximate surface area is 181 Å². The van der Waals surface area contributed by atoms with E-state index in [9.17, 15) is 18.0 Å². The van der Waals surface area contributed by atoms with E-state index >= 15 is 0 Å². The predicted octanol–water partition coefficient (Wildman–Crippen LogP) is 3.78. The van der Waals surface area contributed by atoms with Crippen molar-refractivity contribution in [3.8, 4) is 0 Å². The number of sulfonamides is 1. The summed E-state index contributed by atoms with van der Waals surface area (Å²) in [7, 11) is -3.61. The Morgan fingerprint density at radius 2 is 1.57 bits per heavy atom. The van der Waals surface area contributed by atoms with Crippen molar-refractivity contribution in [2.45, 2.75) is 71.6 Å². The van der Waals surface area contributed by atoms with Crippen LogP contribution in [0.15, 0.2) is 23.1 Å². The van der Waals surface area contributed by atoms with Gasteiger partial charge in [0.1, 0.15) is 0 Å². The number of aryl methyl sites for hydroxylation is 1. The van der Waals surface area contributed by atoms with Gasteiger partial charge >= 0.3 is 0 Å². The van der Waals surface area contributed by atoms with Gasteiger partial charge in [0, 0.05) is 44.7 Å². The third-order valence-electron chi connectivity index (χ3n) is 4.93. The molecule has 2 amide bonds. The van der Waals surface area contributed by atoms with Crippen LogP contribution in [0.2, 0.25) is 0 Å². The lowest BCUT2D eigenvalue weighted by Crippen LogP contribution is -2.32. The summed E-state index contributed by atoms with van der Waals surface area (Å²) in [5.41, 5.74) is 1.08. The molecule has 0 fully saturated rings. The van der Waals surface area contributed by atoms with E-state index in [4.69, 9.17) is 0 Å². The average Bonchev–Trinajstić information content (AvgIpc) is 2.69. The molecule has 0 spiro atoms. The van der Waals surface area contributed by atoms with Crippen molar-refractivity contribution in [2.75, 3.05) is 31.5 Å². The van der Waals surface area contributed by atoms with Crippen LogP contribution in [0.3, 0.4) is 0 Å². The van der Waals surface area contributed by atoms with Crippen LogP contribution in [0, 0.1) is 6.92 Å². The largest absolute Gasteiger partial charge is 0.343 e. The van der Waals surface area contributed by atoms with Crippen LogP contribution in [0.1, 0.15) is 65.4 Å². The van der Waals surface area contributed by atoms with Crippen molar-refractivity contribution < 1.29 is 18.0 Å². The minimum absolute atomic E-state index is 0.0782. The number of benzene rings is 1. The van der Waals surface area contributed by atoms with Gasteiger partial charge in [-0.1, -0.05) is 33.8 Å². The molecule has 0 unspecified atom stereocenters. The zero-order valence-electron chi connectivity index (χ0n) is 19.0. The molecule has 0 radical (unpaired) electrons. The first-order valence-corrected chi connectivity index (χ1v) is 12.3. The van der Waals surface area contributed by atoms with Gasteiger partial charge < -0.3 is 10.2 Å². The molecule has 30 heavy (non-hydrogen) atoms. The summed E-state index contributed by atoms with van der Waals surface area (Å²) >= 11 is 0. The zero-order chi connectivity index (χ0) is 22.7. The molecule has 0 atom stereocenters. The lowest BCUT2D eigenvalue weighted by molar-refractivity contribution is -0.131. The Morgan fingerprint density at radius 1 is 0.967 bits per heavy atom. The molecule has 7 nitrogen and oxygen atoms in total. The van der Waals surface area contributed by atoms with Gasteiger partial charge in [0.2, 0.25) is 21.8 Å². The number of hydrogen-bond donors (Lipinski definition) is 1. The number of rotatable bonds is 13. The molecule has 0 aliphatic rings. The van der Waals surface area contributed by atoms with Crippen LogP contribution in [0.5, 0.6) is 0 Å². The Kier molecular flexibility index (Phi) is 11.0. The maximum absolute atomic E-state index is 12.8. The summed E-state index contributed by atoms with van der Waals surface area (Å²) in [6.07, 6.45) is 2.84. The van der Waals surface area contributed by atoms with Gasteiger partial charge in [-0.05, 0) is 43.9 Å². The number of anilines is 1. The first-order chi connectivity index (χ1) is 14.2. The second kappa shape index (κ2) is 12.7. The van der Waals surface area contributed by atoms with Crippen LogP contribution in [-0.2, 0) is 19.6 Å². The van der Waals surface area contributed by atoms with E-state index in [1.807, 2.05) is 18.7 Å². The number of amides is 2. The molecule has 1 rings (SSSR count). The third-order valence-corrected chi connectivity index (χ3v) is 7.12. The standard InChI is InChI=1S/C22H37N3O4S/c1-6-15-24(16-7-2)22(27)12-10-11-21(26)23-19-14-13-18(5)20(17-19)30(28,29)25(8-3)9-4/h13-14,17H,6-12,15-16H2,1-5H3,(H,23,26). The summed E-state index contributed by atoms with van der Waals surface area (Å²) in [6, 6.07) is 4.91. The van der Waals surface area contributed by atoms with Crippen molar-refractivity contribution in [3.63, 3.8) is 0 Å². The summed E-state index contributed by atoms with van der Waals surface area (Å²) < 4.78 is 27.1. The maximum atomic E-state index is 12.8. The van der Waals surface area contributed by atoms with Crippen molar-refractivity contribution in [1.29, 1.82) is 0 Å². The van der Waals surface area contributed by atoms with E-state index in [-0.39, 0.29) is 23.1 Å². The lowest BCUT2D eigenvalue weighted by atomic mass is 10.2. The number of nitrogens with zero attached hydrogens (tertiary/aromatic N) is 2. The highest BCUT2D eigenvalue weighted by Crippen LogP contribution is 2.24. The van der Waals surface area contributed by atoms with Crippen molar-refractivity contribution in [2.24, 2.45) is 0 Å². The van der Waals surface area contributed by atoms with Gasteiger partial charge in [-0.3, -0.25) is 9.59 Å². The third kappa shape index (κ3) is 7.40. The van der Waals surface area contributed by atoms with Gasteiger partial charge in [-0.25, -0.2) is 8.42 Å². The maximum Gasteiger partial charge on any atom is 0.243 e. The highest BCUT2D eigenvalue weighted by atomic mass is 32.2. The predicted molar refractivity (Wildman–Crippen MR) is 121 cm³/mol. The van der Waals surface area contributed by atoms with Gasteiger partial charge in [-0.15, -0.1) is 0 Å². The average molecular weight is 440 g/mol. The fourth-order valence-electron chi connectivity index (χ4n) is 3.34. The van der Waals surface area contributed by atoms with Crippen LogP contribution < -0.4 is 5.32 Å². The molecule has 0 heterocycles. The van der Waals surface area contributed by atoms with Crippen LogP contribution in [-0.4, -0.2) is 55.6 Å². The highest BCUT2D eigenvalue weighted by molar-refractivity contribution is 7.89. The minimum Gasteiger partial charge on any atom is -0.343 e. The van der Waals surface area contributed by atoms with Gasteiger partial charge in [0.25, 0.3) is 0 Å². The van der Waals surface area contributed by atoms with E-state index in [0.29, 0.717) is 37.2 Å². The normalized spacial score (nSPS) is 11.5. The van der Waals surface area contributed by atoms with Crippen molar-refractivity contribution >= 4 is 27.5 Å². The number of carbonyl (C=O) groups is 2. The molecule has 8 heteroatoms. The Balaban J connectivity index is 2.74. The van der Waals surface area contributed by atoms with E-state index < -0.39 is 10.0 Å². The summed E-state index contributed by atoms with van der Waals surface area (Å²) in [5, 5.41) is 2.76. The Morgan fingerprint density at radius 3 is 2.10 bits per heavy atom. The molecule has 0 saturated carbocycles. The smallest absolute Gasteiger partial charge is 0.243 e. The molecule has 1 aromatic carbocycles. The Bertz CT molecular complexity index is 799. The molecule has 0 saturated heterocycles. The van der Waals surface area contributed by atoms with Gasteiger partial charge in [-0.2, -0.15) is 4.31 Å². The Hall–Kier alpha value is -1.93. The molecule has 1 N–H and O–H groups in total. The second-order valence-corrected chi connectivity index (χ2v) is 9.26. The second-order valence-electron chi connectivity index (χ2n) is 7.35. The number of carbonyl (C=O) groups excluding carboxylic acids is 2.